The van der Waals surface area contributed by atoms with Crippen LogP contribution in [0.25, 0.3) is 0 Å². The second kappa shape index (κ2) is 8.82. The molecule has 0 radical (unpaired) electrons. The maximum atomic E-state index is 12.6. The largest absolute Gasteiger partial charge is 0.480 e. The van der Waals surface area contributed by atoms with Gasteiger partial charge < -0.3 is 10.0 Å². The minimum Gasteiger partial charge on any atom is -0.480 e. The van der Waals surface area contributed by atoms with Crippen LogP contribution < -0.4 is 0 Å². The number of hydrogen-bond donors (Lipinski definition) is 1. The van der Waals surface area contributed by atoms with Crippen molar-refractivity contribution in [2.45, 2.75) is 32.6 Å². The van der Waals surface area contributed by atoms with Gasteiger partial charge in [-0.3, -0.25) is 4.79 Å². The van der Waals surface area contributed by atoms with E-state index in [-0.39, 0.29) is 5.92 Å². The summed E-state index contributed by atoms with van der Waals surface area (Å²) in [6.45, 7) is 9.24. The van der Waals surface area contributed by atoms with Crippen LogP contribution in [0.2, 0.25) is 0 Å². The molecule has 0 aliphatic rings. The summed E-state index contributed by atoms with van der Waals surface area (Å²) in [5.74, 6) is -0.813. The van der Waals surface area contributed by atoms with E-state index in [2.05, 4.69) is 25.7 Å². The molecule has 0 aromatic heterocycles. The van der Waals surface area contributed by atoms with E-state index in [4.69, 9.17) is 0 Å². The monoisotopic (exact) mass is 339 g/mol. The average molecular weight is 339 g/mol. The smallest absolute Gasteiger partial charge is 0.318 e. The Kier molecular flexibility index (Phi) is 6.77. The number of hydrogen-bond acceptors (Lipinski definition) is 2. The first-order valence-electron chi connectivity index (χ1n) is 9.14. The molecule has 2 rings (SSSR count). The molecule has 1 unspecified atom stereocenters. The molecular formula is C22H29NO2. The number of rotatable bonds is 9. The molecule has 0 saturated heterocycles. The van der Waals surface area contributed by atoms with Crippen LogP contribution in [0.3, 0.4) is 0 Å². The third-order valence-corrected chi connectivity index (χ3v) is 5.31. The lowest BCUT2D eigenvalue weighted by Crippen LogP contribution is -2.44. The molecule has 3 heteroatoms. The predicted molar refractivity (Wildman–Crippen MR) is 103 cm³/mol. The number of carboxylic acids is 1. The summed E-state index contributed by atoms with van der Waals surface area (Å²) in [7, 11) is 0. The van der Waals surface area contributed by atoms with Crippen LogP contribution in [-0.4, -0.2) is 35.6 Å². The van der Waals surface area contributed by atoms with Gasteiger partial charge in [-0.25, -0.2) is 0 Å². The minimum atomic E-state index is -1.03. The Labute approximate surface area is 151 Å². The van der Waals surface area contributed by atoms with E-state index in [9.17, 15) is 9.90 Å². The van der Waals surface area contributed by atoms with Gasteiger partial charge >= 0.3 is 5.97 Å². The van der Waals surface area contributed by atoms with Crippen molar-refractivity contribution in [2.24, 2.45) is 5.92 Å². The van der Waals surface area contributed by atoms with Gasteiger partial charge in [0.1, 0.15) is 5.41 Å². The van der Waals surface area contributed by atoms with Crippen LogP contribution >= 0.6 is 0 Å². The maximum Gasteiger partial charge on any atom is 0.318 e. The standard InChI is InChI=1S/C22H29NO2/c1-4-23(5-2)17-16-18(3)22(21(24)25,19-12-8-6-9-13-19)20-14-10-7-11-15-20/h6-15,18H,4-5,16-17H2,1-3H3,(H,24,25). The number of carbonyl (C=O) groups is 1. The molecule has 0 fully saturated rings. The topological polar surface area (TPSA) is 40.5 Å². The molecule has 2 aromatic rings. The lowest BCUT2D eigenvalue weighted by atomic mass is 9.65. The zero-order valence-electron chi connectivity index (χ0n) is 15.5. The lowest BCUT2D eigenvalue weighted by molar-refractivity contribution is -0.144. The first-order chi connectivity index (χ1) is 12.1. The van der Waals surface area contributed by atoms with E-state index in [1.807, 2.05) is 60.7 Å². The summed E-state index contributed by atoms with van der Waals surface area (Å²) >= 11 is 0. The Hall–Kier alpha value is -2.13. The molecule has 0 saturated carbocycles. The van der Waals surface area contributed by atoms with E-state index < -0.39 is 11.4 Å². The lowest BCUT2D eigenvalue weighted by Gasteiger charge is -2.37. The average Bonchev–Trinajstić information content (AvgIpc) is 2.64. The van der Waals surface area contributed by atoms with Gasteiger partial charge in [0.15, 0.2) is 0 Å². The van der Waals surface area contributed by atoms with Gasteiger partial charge in [-0.1, -0.05) is 81.4 Å². The van der Waals surface area contributed by atoms with Gasteiger partial charge in [0.2, 0.25) is 0 Å². The maximum absolute atomic E-state index is 12.6. The zero-order chi connectivity index (χ0) is 18.3. The van der Waals surface area contributed by atoms with E-state index >= 15 is 0 Å². The van der Waals surface area contributed by atoms with Crippen molar-refractivity contribution in [3.8, 4) is 0 Å². The van der Waals surface area contributed by atoms with E-state index in [0.29, 0.717) is 0 Å². The molecule has 0 heterocycles. The van der Waals surface area contributed by atoms with Crippen molar-refractivity contribution in [1.29, 1.82) is 0 Å². The number of benzene rings is 2. The molecule has 2 aromatic carbocycles. The normalized spacial score (nSPS) is 13.0. The Morgan fingerprint density at radius 2 is 1.40 bits per heavy atom. The second-order valence-electron chi connectivity index (χ2n) is 6.56. The predicted octanol–water partition coefficient (Wildman–Crippen LogP) is 4.43. The van der Waals surface area contributed by atoms with E-state index in [1.54, 1.807) is 0 Å². The molecule has 1 N–H and O–H groups in total. The summed E-state index contributed by atoms with van der Waals surface area (Å²) in [6, 6.07) is 19.3. The second-order valence-corrected chi connectivity index (χ2v) is 6.56. The summed E-state index contributed by atoms with van der Waals surface area (Å²) in [5.41, 5.74) is 0.664. The summed E-state index contributed by atoms with van der Waals surface area (Å²) < 4.78 is 0. The van der Waals surface area contributed by atoms with Crippen LogP contribution in [0.1, 0.15) is 38.3 Å². The highest BCUT2D eigenvalue weighted by atomic mass is 16.4. The van der Waals surface area contributed by atoms with E-state index in [0.717, 1.165) is 37.2 Å². The summed E-state index contributed by atoms with van der Waals surface area (Å²) in [5, 5.41) is 10.4. The molecule has 0 bridgehead atoms. The molecule has 0 amide bonds. The minimum absolute atomic E-state index is 0.0320. The highest BCUT2D eigenvalue weighted by Gasteiger charge is 2.46. The molecular weight excluding hydrogens is 310 g/mol. The Bertz CT molecular complexity index is 611. The third-order valence-electron chi connectivity index (χ3n) is 5.31. The highest BCUT2D eigenvalue weighted by molar-refractivity contribution is 5.86. The van der Waals surface area contributed by atoms with Gasteiger partial charge in [-0.15, -0.1) is 0 Å². The van der Waals surface area contributed by atoms with Crippen molar-refractivity contribution in [3.63, 3.8) is 0 Å². The third kappa shape index (κ3) is 3.93. The summed E-state index contributed by atoms with van der Waals surface area (Å²) in [4.78, 5) is 15.0. The van der Waals surface area contributed by atoms with Crippen molar-refractivity contribution in [3.05, 3.63) is 71.8 Å². The van der Waals surface area contributed by atoms with Crippen molar-refractivity contribution >= 4 is 5.97 Å². The molecule has 0 spiro atoms. The molecule has 0 aliphatic carbocycles. The number of aliphatic carboxylic acids is 1. The number of carboxylic acid groups (broad SMARTS) is 1. The molecule has 25 heavy (non-hydrogen) atoms. The van der Waals surface area contributed by atoms with Crippen molar-refractivity contribution in [1.82, 2.24) is 4.90 Å². The van der Waals surface area contributed by atoms with Crippen LogP contribution in [0.5, 0.6) is 0 Å². The fourth-order valence-corrected chi connectivity index (χ4v) is 3.73. The Balaban J connectivity index is 2.49. The summed E-state index contributed by atoms with van der Waals surface area (Å²) in [6.07, 6.45) is 0.831. The SMILES string of the molecule is CCN(CC)CCC(C)C(C(=O)O)(c1ccccc1)c1ccccc1. The zero-order valence-corrected chi connectivity index (χ0v) is 15.5. The van der Waals surface area contributed by atoms with E-state index in [1.165, 1.54) is 0 Å². The molecule has 0 aliphatic heterocycles. The fraction of sp³-hybridized carbons (Fsp3) is 0.409. The quantitative estimate of drug-likeness (QED) is 0.735. The van der Waals surface area contributed by atoms with Gasteiger partial charge in [0.25, 0.3) is 0 Å². The van der Waals surface area contributed by atoms with Gasteiger partial charge in [0.05, 0.1) is 0 Å². The van der Waals surface area contributed by atoms with Crippen molar-refractivity contribution < 1.29 is 9.90 Å². The van der Waals surface area contributed by atoms with Gasteiger partial charge in [-0.05, 0) is 43.1 Å². The van der Waals surface area contributed by atoms with Crippen molar-refractivity contribution in [2.75, 3.05) is 19.6 Å². The Morgan fingerprint density at radius 1 is 0.960 bits per heavy atom. The molecule has 1 atom stereocenters. The van der Waals surface area contributed by atoms with Gasteiger partial charge in [0, 0.05) is 0 Å². The molecule has 3 nitrogen and oxygen atoms in total. The number of nitrogens with zero attached hydrogens (tertiary/aromatic N) is 1. The van der Waals surface area contributed by atoms with Gasteiger partial charge in [-0.2, -0.15) is 0 Å². The van der Waals surface area contributed by atoms with Crippen LogP contribution in [0.15, 0.2) is 60.7 Å². The van der Waals surface area contributed by atoms with Crippen LogP contribution in [0.4, 0.5) is 0 Å². The fourth-order valence-electron chi connectivity index (χ4n) is 3.73. The highest BCUT2D eigenvalue weighted by Crippen LogP contribution is 2.41. The first-order valence-corrected chi connectivity index (χ1v) is 9.14. The Morgan fingerprint density at radius 3 is 1.76 bits per heavy atom. The van der Waals surface area contributed by atoms with Crippen LogP contribution in [-0.2, 0) is 10.2 Å². The molecule has 134 valence electrons. The van der Waals surface area contributed by atoms with Crippen LogP contribution in [0, 0.1) is 5.92 Å². The first kappa shape index (κ1) is 19.2.